The monoisotopic (exact) mass is 345 g/mol. The van der Waals surface area contributed by atoms with E-state index in [9.17, 15) is 9.18 Å². The maximum absolute atomic E-state index is 13.0. The summed E-state index contributed by atoms with van der Waals surface area (Å²) in [5.41, 5.74) is 2.01. The summed E-state index contributed by atoms with van der Waals surface area (Å²) < 4.78 is 19.7. The van der Waals surface area contributed by atoms with Crippen molar-refractivity contribution in [1.29, 1.82) is 0 Å². The zero-order valence-electron chi connectivity index (χ0n) is 12.7. The summed E-state index contributed by atoms with van der Waals surface area (Å²) in [6, 6.07) is 12.8. The van der Waals surface area contributed by atoms with Crippen LogP contribution in [0.2, 0.25) is 5.02 Å². The zero-order valence-corrected chi connectivity index (χ0v) is 13.5. The molecule has 0 N–H and O–H groups in total. The molecule has 7 heteroatoms. The maximum Gasteiger partial charge on any atom is 0.361 e. The third-order valence-electron chi connectivity index (χ3n) is 3.42. The predicted octanol–water partition coefficient (Wildman–Crippen LogP) is 3.73. The summed E-state index contributed by atoms with van der Waals surface area (Å²) in [7, 11) is 0. The van der Waals surface area contributed by atoms with Gasteiger partial charge in [-0.25, -0.2) is 13.9 Å². The number of ether oxygens (including phenoxy) is 1. The first-order valence-electron chi connectivity index (χ1n) is 7.14. The number of rotatable bonds is 4. The predicted molar refractivity (Wildman–Crippen MR) is 86.6 cm³/mol. The highest BCUT2D eigenvalue weighted by molar-refractivity contribution is 6.30. The number of esters is 1. The molecule has 0 unspecified atom stereocenters. The summed E-state index contributed by atoms with van der Waals surface area (Å²) in [5.74, 6) is -0.932. The molecule has 0 aliphatic rings. The van der Waals surface area contributed by atoms with E-state index < -0.39 is 5.97 Å². The van der Waals surface area contributed by atoms with Crippen LogP contribution in [0, 0.1) is 12.7 Å². The molecule has 24 heavy (non-hydrogen) atoms. The number of carbonyl (C=O) groups is 1. The van der Waals surface area contributed by atoms with Gasteiger partial charge in [-0.1, -0.05) is 28.9 Å². The number of benzene rings is 2. The standard InChI is InChI=1S/C17H13ClFN3O2/c1-11-16(17(23)24-10-12-3-2-4-13(18)9-12)20-21-22(11)15-7-5-14(19)6-8-15/h2-9H,10H2,1H3. The fourth-order valence-electron chi connectivity index (χ4n) is 2.19. The van der Waals surface area contributed by atoms with Gasteiger partial charge in [-0.15, -0.1) is 5.10 Å². The number of halogens is 2. The molecular weight excluding hydrogens is 333 g/mol. The van der Waals surface area contributed by atoms with Gasteiger partial charge < -0.3 is 4.74 Å². The molecule has 3 aromatic rings. The summed E-state index contributed by atoms with van der Waals surface area (Å²) in [4.78, 5) is 12.2. The van der Waals surface area contributed by atoms with Gasteiger partial charge in [0.25, 0.3) is 0 Å². The minimum atomic E-state index is -0.583. The van der Waals surface area contributed by atoms with Crippen molar-refractivity contribution < 1.29 is 13.9 Å². The van der Waals surface area contributed by atoms with E-state index in [2.05, 4.69) is 10.3 Å². The van der Waals surface area contributed by atoms with Gasteiger partial charge in [0.15, 0.2) is 5.69 Å². The Morgan fingerprint density at radius 3 is 2.71 bits per heavy atom. The van der Waals surface area contributed by atoms with Crippen molar-refractivity contribution in [3.8, 4) is 5.69 Å². The Balaban J connectivity index is 1.75. The first kappa shape index (κ1) is 16.1. The first-order chi connectivity index (χ1) is 11.5. The number of aromatic nitrogens is 3. The average molecular weight is 346 g/mol. The SMILES string of the molecule is Cc1c(C(=O)OCc2cccc(Cl)c2)nnn1-c1ccc(F)cc1. The van der Waals surface area contributed by atoms with Crippen molar-refractivity contribution in [3.05, 3.63) is 76.3 Å². The Kier molecular flexibility index (Phi) is 4.57. The van der Waals surface area contributed by atoms with Gasteiger partial charge in [-0.05, 0) is 48.9 Å². The van der Waals surface area contributed by atoms with Crippen LogP contribution >= 0.6 is 11.6 Å². The van der Waals surface area contributed by atoms with Crippen LogP contribution in [0.3, 0.4) is 0 Å². The van der Waals surface area contributed by atoms with Gasteiger partial charge >= 0.3 is 5.97 Å². The summed E-state index contributed by atoms with van der Waals surface area (Å²) >= 11 is 5.89. The second kappa shape index (κ2) is 6.80. The van der Waals surface area contributed by atoms with Gasteiger partial charge in [0, 0.05) is 5.02 Å². The number of carbonyl (C=O) groups excluding carboxylic acids is 1. The van der Waals surface area contributed by atoms with Gasteiger partial charge in [-0.2, -0.15) is 0 Å². The molecule has 0 aliphatic heterocycles. The highest BCUT2D eigenvalue weighted by atomic mass is 35.5. The largest absolute Gasteiger partial charge is 0.456 e. The van der Waals surface area contributed by atoms with Gasteiger partial charge in [0.05, 0.1) is 11.4 Å². The van der Waals surface area contributed by atoms with Gasteiger partial charge in [-0.3, -0.25) is 0 Å². The molecule has 122 valence electrons. The molecule has 1 heterocycles. The van der Waals surface area contributed by atoms with Gasteiger partial charge in [0.1, 0.15) is 12.4 Å². The lowest BCUT2D eigenvalue weighted by atomic mass is 10.2. The van der Waals surface area contributed by atoms with Crippen LogP contribution in [0.5, 0.6) is 0 Å². The molecule has 0 saturated heterocycles. The van der Waals surface area contributed by atoms with E-state index in [4.69, 9.17) is 16.3 Å². The fourth-order valence-corrected chi connectivity index (χ4v) is 2.40. The summed E-state index contributed by atoms with van der Waals surface area (Å²) in [5, 5.41) is 8.36. The third-order valence-corrected chi connectivity index (χ3v) is 3.65. The van der Waals surface area contributed by atoms with Crippen LogP contribution in [0.25, 0.3) is 5.69 Å². The molecule has 0 saturated carbocycles. The van der Waals surface area contributed by atoms with Crippen molar-refractivity contribution in [3.63, 3.8) is 0 Å². The van der Waals surface area contributed by atoms with E-state index in [1.807, 2.05) is 0 Å². The number of hydrogen-bond donors (Lipinski definition) is 0. The Bertz CT molecular complexity index is 878. The van der Waals surface area contributed by atoms with Crippen molar-refractivity contribution in [1.82, 2.24) is 15.0 Å². The lowest BCUT2D eigenvalue weighted by Gasteiger charge is -2.05. The van der Waals surface area contributed by atoms with E-state index in [0.717, 1.165) is 5.56 Å². The van der Waals surface area contributed by atoms with E-state index in [1.54, 1.807) is 43.3 Å². The third kappa shape index (κ3) is 3.44. The van der Waals surface area contributed by atoms with E-state index >= 15 is 0 Å². The first-order valence-corrected chi connectivity index (χ1v) is 7.52. The Morgan fingerprint density at radius 2 is 2.00 bits per heavy atom. The van der Waals surface area contributed by atoms with Crippen molar-refractivity contribution in [2.75, 3.05) is 0 Å². The molecule has 0 aliphatic carbocycles. The molecule has 2 aromatic carbocycles. The quantitative estimate of drug-likeness (QED) is 0.676. The molecule has 5 nitrogen and oxygen atoms in total. The highest BCUT2D eigenvalue weighted by Gasteiger charge is 2.19. The van der Waals surface area contributed by atoms with Crippen molar-refractivity contribution >= 4 is 17.6 Å². The molecule has 3 rings (SSSR count). The van der Waals surface area contributed by atoms with Crippen LogP contribution in [0.4, 0.5) is 4.39 Å². The second-order valence-electron chi connectivity index (χ2n) is 5.12. The molecule has 0 spiro atoms. The molecule has 1 aromatic heterocycles. The van der Waals surface area contributed by atoms with E-state index in [0.29, 0.717) is 16.4 Å². The zero-order chi connectivity index (χ0) is 17.1. The number of hydrogen-bond acceptors (Lipinski definition) is 4. The van der Waals surface area contributed by atoms with Crippen molar-refractivity contribution in [2.45, 2.75) is 13.5 Å². The van der Waals surface area contributed by atoms with Crippen molar-refractivity contribution in [2.24, 2.45) is 0 Å². The average Bonchev–Trinajstić information content (AvgIpc) is 2.95. The fraction of sp³-hybridized carbons (Fsp3) is 0.118. The minimum absolute atomic E-state index is 0.0856. The Labute approximate surface area is 142 Å². The Hall–Kier alpha value is -2.73. The summed E-state index contributed by atoms with van der Waals surface area (Å²) in [6.07, 6.45) is 0. The second-order valence-corrected chi connectivity index (χ2v) is 5.55. The van der Waals surface area contributed by atoms with Crippen LogP contribution in [0.1, 0.15) is 21.7 Å². The van der Waals surface area contributed by atoms with Crippen LogP contribution in [-0.4, -0.2) is 21.0 Å². The van der Waals surface area contributed by atoms with E-state index in [-0.39, 0.29) is 18.1 Å². The maximum atomic E-state index is 13.0. The van der Waals surface area contributed by atoms with E-state index in [1.165, 1.54) is 16.8 Å². The van der Waals surface area contributed by atoms with Crippen LogP contribution in [-0.2, 0) is 11.3 Å². The number of nitrogens with zero attached hydrogens (tertiary/aromatic N) is 3. The smallest absolute Gasteiger partial charge is 0.361 e. The molecule has 0 fully saturated rings. The molecule has 0 amide bonds. The molecule has 0 radical (unpaired) electrons. The minimum Gasteiger partial charge on any atom is -0.456 e. The highest BCUT2D eigenvalue weighted by Crippen LogP contribution is 2.15. The normalized spacial score (nSPS) is 10.6. The topological polar surface area (TPSA) is 57.0 Å². The Morgan fingerprint density at radius 1 is 1.25 bits per heavy atom. The summed E-state index contributed by atoms with van der Waals surface area (Å²) in [6.45, 7) is 1.78. The lowest BCUT2D eigenvalue weighted by Crippen LogP contribution is -2.08. The van der Waals surface area contributed by atoms with Gasteiger partial charge in [0.2, 0.25) is 0 Å². The van der Waals surface area contributed by atoms with Crippen LogP contribution in [0.15, 0.2) is 48.5 Å². The molecular formula is C17H13ClFN3O2. The molecule has 0 bridgehead atoms. The molecule has 0 atom stereocenters. The lowest BCUT2D eigenvalue weighted by molar-refractivity contribution is 0.0464. The van der Waals surface area contributed by atoms with Crippen LogP contribution < -0.4 is 0 Å².